The van der Waals surface area contributed by atoms with E-state index in [-0.39, 0.29) is 12.1 Å². The van der Waals surface area contributed by atoms with Gasteiger partial charge in [0.2, 0.25) is 0 Å². The number of nitrogens with one attached hydrogen (secondary N) is 1. The summed E-state index contributed by atoms with van der Waals surface area (Å²) in [5.41, 5.74) is 2.06. The highest BCUT2D eigenvalue weighted by atomic mass is 16.2. The Morgan fingerprint density at radius 1 is 1.15 bits per heavy atom. The van der Waals surface area contributed by atoms with Crippen molar-refractivity contribution in [2.24, 2.45) is 7.05 Å². The number of urea groups is 1. The fourth-order valence-corrected chi connectivity index (χ4v) is 4.43. The summed E-state index contributed by atoms with van der Waals surface area (Å²) in [4.78, 5) is 22.0. The number of piperidine rings is 1. The molecule has 2 aliphatic rings. The normalized spacial score (nSPS) is 20.6. The lowest BCUT2D eigenvalue weighted by molar-refractivity contribution is 0.132. The summed E-state index contributed by atoms with van der Waals surface area (Å²) in [6.45, 7) is 6.18. The molecule has 0 aliphatic carbocycles. The van der Waals surface area contributed by atoms with E-state index >= 15 is 0 Å². The number of nitrogens with zero attached hydrogens (tertiary/aromatic N) is 4. The summed E-state index contributed by atoms with van der Waals surface area (Å²) >= 11 is 0. The molecule has 26 heavy (non-hydrogen) atoms. The van der Waals surface area contributed by atoms with Crippen LogP contribution in [0.3, 0.4) is 0 Å². The smallest absolute Gasteiger partial charge is 0.317 e. The zero-order valence-corrected chi connectivity index (χ0v) is 15.8. The van der Waals surface area contributed by atoms with Crippen LogP contribution in [-0.4, -0.2) is 57.6 Å². The topological polar surface area (TPSA) is 53.4 Å². The van der Waals surface area contributed by atoms with Gasteiger partial charge in [-0.3, -0.25) is 0 Å². The summed E-state index contributed by atoms with van der Waals surface area (Å²) in [5, 5.41) is 3.14. The van der Waals surface area contributed by atoms with Crippen LogP contribution in [-0.2, 0) is 7.05 Å². The molecule has 6 nitrogen and oxygen atoms in total. The SMILES string of the molecule is C[C@H](NC(=O)N1CCC(N2CCCC2)CC1)c1nc2ccccc2n1C. The number of carbonyl (C=O) groups is 1. The number of para-hydroxylation sites is 2. The van der Waals surface area contributed by atoms with Crippen molar-refractivity contribution in [1.29, 1.82) is 0 Å². The molecule has 2 amide bonds. The van der Waals surface area contributed by atoms with E-state index in [1.165, 1.54) is 25.9 Å². The number of likely N-dealkylation sites (tertiary alicyclic amines) is 2. The first kappa shape index (κ1) is 17.3. The lowest BCUT2D eigenvalue weighted by Crippen LogP contribution is -2.49. The second-order valence-electron chi connectivity index (χ2n) is 7.65. The van der Waals surface area contributed by atoms with E-state index in [1.54, 1.807) is 0 Å². The van der Waals surface area contributed by atoms with E-state index in [0.29, 0.717) is 6.04 Å². The average Bonchev–Trinajstić information content (AvgIpc) is 3.31. The van der Waals surface area contributed by atoms with Crippen molar-refractivity contribution in [3.63, 3.8) is 0 Å². The Balaban J connectivity index is 1.36. The van der Waals surface area contributed by atoms with E-state index in [0.717, 1.165) is 42.8 Å². The summed E-state index contributed by atoms with van der Waals surface area (Å²) in [7, 11) is 2.01. The number of aromatic nitrogens is 2. The third-order valence-corrected chi connectivity index (χ3v) is 5.96. The van der Waals surface area contributed by atoms with Gasteiger partial charge in [-0.25, -0.2) is 9.78 Å². The molecular formula is C20H29N5O. The first-order valence-electron chi connectivity index (χ1n) is 9.84. The minimum atomic E-state index is -0.115. The lowest BCUT2D eigenvalue weighted by Gasteiger charge is -2.37. The number of hydrogen-bond donors (Lipinski definition) is 1. The number of benzene rings is 1. The maximum absolute atomic E-state index is 12.7. The fourth-order valence-electron chi connectivity index (χ4n) is 4.43. The predicted octanol–water partition coefficient (Wildman–Crippen LogP) is 2.90. The highest BCUT2D eigenvalue weighted by Crippen LogP contribution is 2.22. The van der Waals surface area contributed by atoms with Crippen LogP contribution in [0, 0.1) is 0 Å². The zero-order chi connectivity index (χ0) is 18.1. The molecule has 0 saturated carbocycles. The van der Waals surface area contributed by atoms with Crippen LogP contribution >= 0.6 is 0 Å². The number of amides is 2. The van der Waals surface area contributed by atoms with Crippen LogP contribution in [0.25, 0.3) is 11.0 Å². The van der Waals surface area contributed by atoms with Gasteiger partial charge in [-0.05, 0) is 57.8 Å². The number of hydrogen-bond acceptors (Lipinski definition) is 3. The summed E-state index contributed by atoms with van der Waals surface area (Å²) < 4.78 is 2.07. The van der Waals surface area contributed by atoms with Crippen LogP contribution in [0.4, 0.5) is 4.79 Å². The highest BCUT2D eigenvalue weighted by molar-refractivity contribution is 5.77. The van der Waals surface area contributed by atoms with Crippen molar-refractivity contribution < 1.29 is 4.79 Å². The Hall–Kier alpha value is -2.08. The minimum absolute atomic E-state index is 0.0319. The van der Waals surface area contributed by atoms with Gasteiger partial charge in [-0.2, -0.15) is 0 Å². The molecule has 3 heterocycles. The van der Waals surface area contributed by atoms with Crippen molar-refractivity contribution in [2.75, 3.05) is 26.2 Å². The van der Waals surface area contributed by atoms with Gasteiger partial charge in [-0.1, -0.05) is 12.1 Å². The number of rotatable bonds is 3. The molecule has 0 unspecified atom stereocenters. The lowest BCUT2D eigenvalue weighted by atomic mass is 10.0. The number of carbonyl (C=O) groups excluding carboxylic acids is 1. The van der Waals surface area contributed by atoms with Crippen molar-refractivity contribution in [2.45, 2.75) is 44.7 Å². The molecule has 0 spiro atoms. The molecule has 0 bridgehead atoms. The summed E-state index contributed by atoms with van der Waals surface area (Å²) in [5.74, 6) is 0.895. The second kappa shape index (κ2) is 7.27. The largest absolute Gasteiger partial charge is 0.329 e. The Morgan fingerprint density at radius 3 is 2.54 bits per heavy atom. The van der Waals surface area contributed by atoms with E-state index in [9.17, 15) is 4.79 Å². The molecule has 2 aromatic rings. The number of imidazole rings is 1. The van der Waals surface area contributed by atoms with Gasteiger partial charge >= 0.3 is 6.03 Å². The summed E-state index contributed by atoms with van der Waals surface area (Å²) in [6.07, 6.45) is 4.84. The highest BCUT2D eigenvalue weighted by Gasteiger charge is 2.29. The molecule has 1 atom stereocenters. The monoisotopic (exact) mass is 355 g/mol. The van der Waals surface area contributed by atoms with Gasteiger partial charge in [-0.15, -0.1) is 0 Å². The van der Waals surface area contributed by atoms with E-state index < -0.39 is 0 Å². The van der Waals surface area contributed by atoms with Crippen LogP contribution < -0.4 is 5.32 Å². The molecule has 1 aromatic carbocycles. The maximum atomic E-state index is 12.7. The Kier molecular flexibility index (Phi) is 4.85. The molecule has 140 valence electrons. The van der Waals surface area contributed by atoms with Gasteiger partial charge in [0.25, 0.3) is 0 Å². The Labute approximate surface area is 155 Å². The second-order valence-corrected chi connectivity index (χ2v) is 7.65. The standard InChI is InChI=1S/C20H29N5O/c1-15(19-22-17-7-3-4-8-18(17)23(19)2)21-20(26)25-13-9-16(10-14-25)24-11-5-6-12-24/h3-4,7-8,15-16H,5-6,9-14H2,1-2H3,(H,21,26)/t15-/m0/s1. The van der Waals surface area contributed by atoms with Crippen molar-refractivity contribution in [1.82, 2.24) is 24.7 Å². The molecule has 2 fully saturated rings. The Morgan fingerprint density at radius 2 is 1.85 bits per heavy atom. The van der Waals surface area contributed by atoms with E-state index in [2.05, 4.69) is 20.9 Å². The minimum Gasteiger partial charge on any atom is -0.329 e. The van der Waals surface area contributed by atoms with E-state index in [1.807, 2.05) is 37.1 Å². The van der Waals surface area contributed by atoms with Gasteiger partial charge in [0.15, 0.2) is 0 Å². The van der Waals surface area contributed by atoms with E-state index in [4.69, 9.17) is 4.98 Å². The predicted molar refractivity (Wildman–Crippen MR) is 103 cm³/mol. The average molecular weight is 355 g/mol. The van der Waals surface area contributed by atoms with Gasteiger partial charge in [0.05, 0.1) is 17.1 Å². The maximum Gasteiger partial charge on any atom is 0.317 e. The Bertz CT molecular complexity index is 772. The first-order chi connectivity index (χ1) is 12.6. The van der Waals surface area contributed by atoms with Crippen LogP contribution in [0.15, 0.2) is 24.3 Å². The first-order valence-corrected chi connectivity index (χ1v) is 9.84. The third kappa shape index (κ3) is 3.30. The van der Waals surface area contributed by atoms with Crippen LogP contribution in [0.5, 0.6) is 0 Å². The van der Waals surface area contributed by atoms with Crippen LogP contribution in [0.1, 0.15) is 44.5 Å². The number of fused-ring (bicyclic) bond motifs is 1. The molecule has 0 radical (unpaired) electrons. The molecule has 6 heteroatoms. The van der Waals surface area contributed by atoms with Crippen molar-refractivity contribution in [3.8, 4) is 0 Å². The molecular weight excluding hydrogens is 326 g/mol. The van der Waals surface area contributed by atoms with Crippen LogP contribution in [0.2, 0.25) is 0 Å². The van der Waals surface area contributed by atoms with Gasteiger partial charge < -0.3 is 19.7 Å². The molecule has 1 N–H and O–H groups in total. The van der Waals surface area contributed by atoms with Crippen molar-refractivity contribution in [3.05, 3.63) is 30.1 Å². The quantitative estimate of drug-likeness (QED) is 0.921. The van der Waals surface area contributed by atoms with Gasteiger partial charge in [0, 0.05) is 26.2 Å². The fraction of sp³-hybridized carbons (Fsp3) is 0.600. The zero-order valence-electron chi connectivity index (χ0n) is 15.8. The molecule has 4 rings (SSSR count). The molecule has 2 aliphatic heterocycles. The summed E-state index contributed by atoms with van der Waals surface area (Å²) in [6, 6.07) is 8.66. The molecule has 2 saturated heterocycles. The third-order valence-electron chi connectivity index (χ3n) is 5.96. The number of aryl methyl sites for hydroxylation is 1. The van der Waals surface area contributed by atoms with Gasteiger partial charge in [0.1, 0.15) is 5.82 Å². The van der Waals surface area contributed by atoms with Crippen molar-refractivity contribution >= 4 is 17.1 Å². The molecule has 1 aromatic heterocycles.